The highest BCUT2D eigenvalue weighted by atomic mass is 16.3. The minimum absolute atomic E-state index is 0.110. The van der Waals surface area contributed by atoms with Crippen molar-refractivity contribution in [3.05, 3.63) is 22.7 Å². The fourth-order valence-corrected chi connectivity index (χ4v) is 1.64. The Hall–Kier alpha value is -1.36. The molecule has 1 atom stereocenters. The van der Waals surface area contributed by atoms with Crippen LogP contribution in [0.2, 0.25) is 0 Å². The van der Waals surface area contributed by atoms with Crippen LogP contribution in [0.15, 0.2) is 17.2 Å². The number of hydrogen-bond acceptors (Lipinski definition) is 4. The van der Waals surface area contributed by atoms with Crippen molar-refractivity contribution < 1.29 is 5.11 Å². The van der Waals surface area contributed by atoms with E-state index in [1.165, 1.54) is 4.57 Å². The highest BCUT2D eigenvalue weighted by Crippen LogP contribution is 2.13. The Morgan fingerprint density at radius 1 is 1.64 bits per heavy atom. The summed E-state index contributed by atoms with van der Waals surface area (Å²) in [5.41, 5.74) is -0.110. The number of aliphatic hydroxyl groups excluding tert-OH is 1. The maximum absolute atomic E-state index is 11.6. The van der Waals surface area contributed by atoms with E-state index in [-0.39, 0.29) is 11.7 Å². The molecule has 0 spiro atoms. The van der Waals surface area contributed by atoms with Crippen LogP contribution < -0.4 is 10.5 Å². The van der Waals surface area contributed by atoms with Gasteiger partial charge >= 0.3 is 0 Å². The molecule has 14 heavy (non-hydrogen) atoms. The topological polar surface area (TPSA) is 58.4 Å². The Kier molecular flexibility index (Phi) is 2.25. The van der Waals surface area contributed by atoms with E-state index in [1.807, 2.05) is 4.90 Å². The first-order valence-electron chi connectivity index (χ1n) is 4.63. The summed E-state index contributed by atoms with van der Waals surface area (Å²) < 4.78 is 1.49. The normalized spacial score (nSPS) is 21.6. The molecule has 1 N–H and O–H groups in total. The Labute approximate surface area is 81.6 Å². The standard InChI is InChI=1S/C9H13N3O2/c1-11-5-3-10-8(9(11)14)12-4-2-7(13)6-12/h3,5,7,13H,2,4,6H2,1H3/t7-/m0/s1. The zero-order valence-corrected chi connectivity index (χ0v) is 8.05. The average molecular weight is 195 g/mol. The SMILES string of the molecule is Cn1ccnc(N2CC[C@H](O)C2)c1=O. The zero-order valence-electron chi connectivity index (χ0n) is 8.05. The number of nitrogens with zero attached hydrogens (tertiary/aromatic N) is 3. The Bertz CT molecular complexity index is 388. The van der Waals surface area contributed by atoms with Gasteiger partial charge in [0.05, 0.1) is 6.10 Å². The van der Waals surface area contributed by atoms with Gasteiger partial charge in [0.2, 0.25) is 0 Å². The van der Waals surface area contributed by atoms with Crippen LogP contribution in [0, 0.1) is 0 Å². The van der Waals surface area contributed by atoms with Gasteiger partial charge in [0.15, 0.2) is 5.82 Å². The highest BCUT2D eigenvalue weighted by Gasteiger charge is 2.23. The molecular formula is C9H13N3O2. The fourth-order valence-electron chi connectivity index (χ4n) is 1.64. The van der Waals surface area contributed by atoms with E-state index in [1.54, 1.807) is 19.4 Å². The molecular weight excluding hydrogens is 182 g/mol. The maximum Gasteiger partial charge on any atom is 0.293 e. The maximum atomic E-state index is 11.6. The highest BCUT2D eigenvalue weighted by molar-refractivity contribution is 5.37. The van der Waals surface area contributed by atoms with E-state index in [2.05, 4.69) is 4.98 Å². The first-order valence-corrected chi connectivity index (χ1v) is 4.63. The van der Waals surface area contributed by atoms with Crippen molar-refractivity contribution in [2.75, 3.05) is 18.0 Å². The van der Waals surface area contributed by atoms with Crippen LogP contribution in [0.25, 0.3) is 0 Å². The van der Waals surface area contributed by atoms with Gasteiger partial charge in [0.25, 0.3) is 5.56 Å². The molecule has 1 saturated heterocycles. The summed E-state index contributed by atoms with van der Waals surface area (Å²) in [6, 6.07) is 0. The van der Waals surface area contributed by atoms with Crippen molar-refractivity contribution in [2.45, 2.75) is 12.5 Å². The van der Waals surface area contributed by atoms with Crippen LogP contribution in [0.4, 0.5) is 5.82 Å². The lowest BCUT2D eigenvalue weighted by atomic mass is 10.3. The van der Waals surface area contributed by atoms with Gasteiger partial charge in [-0.15, -0.1) is 0 Å². The average Bonchev–Trinajstić information content (AvgIpc) is 2.57. The quantitative estimate of drug-likeness (QED) is 0.647. The predicted octanol–water partition coefficient (Wildman–Crippen LogP) is -0.649. The first kappa shape index (κ1) is 9.21. The van der Waals surface area contributed by atoms with Crippen LogP contribution in [0.1, 0.15) is 6.42 Å². The summed E-state index contributed by atoms with van der Waals surface area (Å²) in [5.74, 6) is 0.437. The second-order valence-electron chi connectivity index (χ2n) is 3.56. The number of β-amino-alcohol motifs (C(OH)–C–C–N with tert-alkyl or cyclic N) is 1. The molecule has 0 radical (unpaired) electrons. The molecule has 0 saturated carbocycles. The lowest BCUT2D eigenvalue weighted by Gasteiger charge is -2.15. The van der Waals surface area contributed by atoms with Crippen LogP contribution in [0.5, 0.6) is 0 Å². The minimum Gasteiger partial charge on any atom is -0.391 e. The first-order chi connectivity index (χ1) is 6.68. The predicted molar refractivity (Wildman–Crippen MR) is 52.3 cm³/mol. The Morgan fingerprint density at radius 2 is 2.43 bits per heavy atom. The summed E-state index contributed by atoms with van der Waals surface area (Å²) in [6.45, 7) is 1.21. The number of rotatable bonds is 1. The molecule has 0 unspecified atom stereocenters. The van der Waals surface area contributed by atoms with Gasteiger partial charge in [-0.2, -0.15) is 0 Å². The zero-order chi connectivity index (χ0) is 10.1. The third-order valence-electron chi connectivity index (χ3n) is 2.46. The summed E-state index contributed by atoms with van der Waals surface area (Å²) >= 11 is 0. The molecule has 2 heterocycles. The van der Waals surface area contributed by atoms with Crippen LogP contribution >= 0.6 is 0 Å². The minimum atomic E-state index is -0.332. The van der Waals surface area contributed by atoms with E-state index in [9.17, 15) is 9.90 Å². The molecule has 1 aromatic rings. The number of aliphatic hydroxyl groups is 1. The molecule has 1 aliphatic rings. The van der Waals surface area contributed by atoms with E-state index < -0.39 is 0 Å². The van der Waals surface area contributed by atoms with E-state index in [4.69, 9.17) is 0 Å². The van der Waals surface area contributed by atoms with Crippen molar-refractivity contribution in [3.8, 4) is 0 Å². The number of aryl methyl sites for hydroxylation is 1. The molecule has 1 aliphatic heterocycles. The van der Waals surface area contributed by atoms with Gasteiger partial charge in [0.1, 0.15) is 0 Å². The van der Waals surface area contributed by atoms with Crippen molar-refractivity contribution in [1.29, 1.82) is 0 Å². The van der Waals surface area contributed by atoms with Gasteiger partial charge in [0, 0.05) is 32.5 Å². The van der Waals surface area contributed by atoms with Crippen molar-refractivity contribution in [3.63, 3.8) is 0 Å². The van der Waals surface area contributed by atoms with Crippen LogP contribution in [-0.4, -0.2) is 33.9 Å². The van der Waals surface area contributed by atoms with Gasteiger partial charge in [-0.25, -0.2) is 4.98 Å². The van der Waals surface area contributed by atoms with Gasteiger partial charge in [-0.1, -0.05) is 0 Å². The molecule has 0 aromatic carbocycles. The molecule has 76 valence electrons. The molecule has 0 amide bonds. The van der Waals surface area contributed by atoms with Gasteiger partial charge in [-0.3, -0.25) is 4.79 Å². The molecule has 1 fully saturated rings. The molecule has 0 bridgehead atoms. The number of aromatic nitrogens is 2. The summed E-state index contributed by atoms with van der Waals surface area (Å²) in [6.07, 6.45) is 3.60. The van der Waals surface area contributed by atoms with E-state index in [0.717, 1.165) is 0 Å². The monoisotopic (exact) mass is 195 g/mol. The summed E-state index contributed by atoms with van der Waals surface area (Å²) in [4.78, 5) is 17.5. The lowest BCUT2D eigenvalue weighted by molar-refractivity contribution is 0.198. The summed E-state index contributed by atoms with van der Waals surface area (Å²) in [5, 5.41) is 9.34. The molecule has 0 aliphatic carbocycles. The van der Waals surface area contributed by atoms with Crippen molar-refractivity contribution >= 4 is 5.82 Å². The van der Waals surface area contributed by atoms with Crippen LogP contribution in [0.3, 0.4) is 0 Å². The third-order valence-corrected chi connectivity index (χ3v) is 2.46. The lowest BCUT2D eigenvalue weighted by Crippen LogP contribution is -2.31. The van der Waals surface area contributed by atoms with E-state index >= 15 is 0 Å². The Balaban J connectivity index is 2.33. The fraction of sp³-hybridized carbons (Fsp3) is 0.556. The molecule has 1 aromatic heterocycles. The second kappa shape index (κ2) is 3.42. The van der Waals surface area contributed by atoms with Crippen molar-refractivity contribution in [1.82, 2.24) is 9.55 Å². The number of anilines is 1. The molecule has 5 nitrogen and oxygen atoms in total. The van der Waals surface area contributed by atoms with Crippen molar-refractivity contribution in [2.24, 2.45) is 7.05 Å². The largest absolute Gasteiger partial charge is 0.391 e. The Morgan fingerprint density at radius 3 is 3.07 bits per heavy atom. The number of hydrogen-bond donors (Lipinski definition) is 1. The van der Waals surface area contributed by atoms with Crippen LogP contribution in [-0.2, 0) is 7.05 Å². The third kappa shape index (κ3) is 1.50. The summed E-state index contributed by atoms with van der Waals surface area (Å²) in [7, 11) is 1.69. The van der Waals surface area contributed by atoms with Gasteiger partial charge < -0.3 is 14.6 Å². The second-order valence-corrected chi connectivity index (χ2v) is 3.56. The smallest absolute Gasteiger partial charge is 0.293 e. The molecule has 2 rings (SSSR count). The molecule has 5 heteroatoms. The van der Waals surface area contributed by atoms with E-state index in [0.29, 0.717) is 25.3 Å². The van der Waals surface area contributed by atoms with Gasteiger partial charge in [-0.05, 0) is 6.42 Å².